The molecule has 0 radical (unpaired) electrons. The molecule has 1 nitrogen and oxygen atoms in total. The van der Waals surface area contributed by atoms with E-state index in [0.717, 1.165) is 17.4 Å². The van der Waals surface area contributed by atoms with Gasteiger partial charge in [-0.1, -0.05) is 48.1 Å². The molecule has 0 heterocycles. The standard InChI is InChI=1S/C12H16O/c1-4-11(2)7-5-8-12(3)9-6-10-13/h4-5,7-10H,1,6H2,2-3H3. The first kappa shape index (κ1) is 11.6. The Kier molecular flexibility index (Phi) is 6.52. The van der Waals surface area contributed by atoms with Crippen molar-refractivity contribution < 1.29 is 4.79 Å². The van der Waals surface area contributed by atoms with Crippen molar-refractivity contribution in [2.75, 3.05) is 0 Å². The molecule has 0 aromatic rings. The van der Waals surface area contributed by atoms with Crippen molar-refractivity contribution in [3.63, 3.8) is 0 Å². The fraction of sp³-hybridized carbons (Fsp3) is 0.250. The fourth-order valence-corrected chi connectivity index (χ4v) is 0.722. The van der Waals surface area contributed by atoms with E-state index in [4.69, 9.17) is 0 Å². The van der Waals surface area contributed by atoms with Crippen LogP contribution >= 0.6 is 0 Å². The Morgan fingerprint density at radius 2 is 2.00 bits per heavy atom. The van der Waals surface area contributed by atoms with E-state index < -0.39 is 0 Å². The van der Waals surface area contributed by atoms with Gasteiger partial charge in [0.1, 0.15) is 6.29 Å². The Hall–Kier alpha value is -1.37. The molecule has 0 fully saturated rings. The molecule has 0 amide bonds. The lowest BCUT2D eigenvalue weighted by Gasteiger charge is -1.88. The van der Waals surface area contributed by atoms with Gasteiger partial charge < -0.3 is 4.79 Å². The van der Waals surface area contributed by atoms with Crippen LogP contribution in [0.25, 0.3) is 0 Å². The van der Waals surface area contributed by atoms with Crippen LogP contribution in [0.4, 0.5) is 0 Å². The third-order valence-electron chi connectivity index (χ3n) is 1.58. The second-order valence-electron chi connectivity index (χ2n) is 2.82. The Morgan fingerprint density at radius 1 is 1.31 bits per heavy atom. The first-order valence-electron chi connectivity index (χ1n) is 4.28. The number of aldehydes is 1. The SMILES string of the molecule is C=CC(C)=CC=CC(C)=CCC=O. The summed E-state index contributed by atoms with van der Waals surface area (Å²) in [5.74, 6) is 0. The molecule has 0 aliphatic heterocycles. The quantitative estimate of drug-likeness (QED) is 0.464. The van der Waals surface area contributed by atoms with E-state index in [1.807, 2.05) is 38.2 Å². The van der Waals surface area contributed by atoms with E-state index >= 15 is 0 Å². The highest BCUT2D eigenvalue weighted by molar-refractivity contribution is 5.52. The summed E-state index contributed by atoms with van der Waals surface area (Å²) in [6, 6.07) is 0. The average molecular weight is 176 g/mol. The molecule has 0 rings (SSSR count). The number of carbonyl (C=O) groups is 1. The fourth-order valence-electron chi connectivity index (χ4n) is 0.722. The summed E-state index contributed by atoms with van der Waals surface area (Å²) in [4.78, 5) is 10.0. The number of allylic oxidation sites excluding steroid dienone is 7. The Morgan fingerprint density at radius 3 is 2.54 bits per heavy atom. The van der Waals surface area contributed by atoms with E-state index in [9.17, 15) is 4.79 Å². The average Bonchev–Trinajstić information content (AvgIpc) is 2.14. The predicted molar refractivity (Wildman–Crippen MR) is 57.5 cm³/mol. The second kappa shape index (κ2) is 7.29. The summed E-state index contributed by atoms with van der Waals surface area (Å²) in [6.07, 6.45) is 11.0. The van der Waals surface area contributed by atoms with Crippen molar-refractivity contribution in [1.82, 2.24) is 0 Å². The summed E-state index contributed by atoms with van der Waals surface area (Å²) >= 11 is 0. The first-order chi connectivity index (χ1) is 6.20. The van der Waals surface area contributed by atoms with Crippen LogP contribution in [0.1, 0.15) is 20.3 Å². The van der Waals surface area contributed by atoms with Crippen LogP contribution in [0.2, 0.25) is 0 Å². The molecule has 0 aliphatic carbocycles. The van der Waals surface area contributed by atoms with Crippen molar-refractivity contribution in [2.45, 2.75) is 20.3 Å². The summed E-state index contributed by atoms with van der Waals surface area (Å²) in [7, 11) is 0. The van der Waals surface area contributed by atoms with E-state index in [0.29, 0.717) is 6.42 Å². The van der Waals surface area contributed by atoms with Gasteiger partial charge in [-0.3, -0.25) is 0 Å². The number of hydrogen-bond acceptors (Lipinski definition) is 1. The van der Waals surface area contributed by atoms with E-state index in [2.05, 4.69) is 6.58 Å². The molecular weight excluding hydrogens is 160 g/mol. The topological polar surface area (TPSA) is 17.1 Å². The Bertz CT molecular complexity index is 254. The largest absolute Gasteiger partial charge is 0.303 e. The zero-order valence-electron chi connectivity index (χ0n) is 8.29. The van der Waals surface area contributed by atoms with Crippen LogP contribution in [-0.2, 0) is 4.79 Å². The number of carbonyl (C=O) groups excluding carboxylic acids is 1. The summed E-state index contributed by atoms with van der Waals surface area (Å²) in [5, 5.41) is 0. The molecule has 0 N–H and O–H groups in total. The van der Waals surface area contributed by atoms with Gasteiger partial charge in [0, 0.05) is 6.42 Å². The molecule has 0 spiro atoms. The smallest absolute Gasteiger partial charge is 0.123 e. The van der Waals surface area contributed by atoms with Crippen LogP contribution in [0.5, 0.6) is 0 Å². The Labute approximate surface area is 80.2 Å². The van der Waals surface area contributed by atoms with Crippen LogP contribution in [-0.4, -0.2) is 6.29 Å². The first-order valence-corrected chi connectivity index (χ1v) is 4.28. The maximum absolute atomic E-state index is 10.0. The van der Waals surface area contributed by atoms with Crippen LogP contribution in [0.3, 0.4) is 0 Å². The van der Waals surface area contributed by atoms with Crippen LogP contribution in [0.15, 0.2) is 48.1 Å². The van der Waals surface area contributed by atoms with Crippen LogP contribution in [0, 0.1) is 0 Å². The van der Waals surface area contributed by atoms with Gasteiger partial charge >= 0.3 is 0 Å². The number of rotatable bonds is 5. The maximum Gasteiger partial charge on any atom is 0.123 e. The zero-order chi connectivity index (χ0) is 10.1. The van der Waals surface area contributed by atoms with Gasteiger partial charge in [-0.05, 0) is 13.8 Å². The molecule has 0 saturated heterocycles. The molecule has 13 heavy (non-hydrogen) atoms. The van der Waals surface area contributed by atoms with Crippen molar-refractivity contribution in [1.29, 1.82) is 0 Å². The van der Waals surface area contributed by atoms with Crippen molar-refractivity contribution >= 4 is 6.29 Å². The van der Waals surface area contributed by atoms with E-state index in [1.165, 1.54) is 0 Å². The van der Waals surface area contributed by atoms with Gasteiger partial charge in [0.25, 0.3) is 0 Å². The lowest BCUT2D eigenvalue weighted by atomic mass is 10.2. The third kappa shape index (κ3) is 7.01. The molecule has 0 bridgehead atoms. The molecular formula is C12H16O. The molecule has 0 saturated carbocycles. The maximum atomic E-state index is 10.0. The minimum Gasteiger partial charge on any atom is -0.303 e. The minimum atomic E-state index is 0.486. The van der Waals surface area contributed by atoms with Crippen molar-refractivity contribution in [3.8, 4) is 0 Å². The molecule has 1 heteroatoms. The molecule has 0 aromatic heterocycles. The highest BCUT2D eigenvalue weighted by atomic mass is 16.1. The Balaban J connectivity index is 4.11. The van der Waals surface area contributed by atoms with Gasteiger partial charge in [-0.2, -0.15) is 0 Å². The van der Waals surface area contributed by atoms with Gasteiger partial charge in [0.2, 0.25) is 0 Å². The van der Waals surface area contributed by atoms with Crippen molar-refractivity contribution in [2.24, 2.45) is 0 Å². The normalized spacial score (nSPS) is 13.4. The van der Waals surface area contributed by atoms with Gasteiger partial charge in [0.05, 0.1) is 0 Å². The molecule has 0 unspecified atom stereocenters. The number of hydrogen-bond donors (Lipinski definition) is 0. The molecule has 0 aromatic carbocycles. The van der Waals surface area contributed by atoms with Gasteiger partial charge in [0.15, 0.2) is 0 Å². The summed E-state index contributed by atoms with van der Waals surface area (Å²) < 4.78 is 0. The van der Waals surface area contributed by atoms with Gasteiger partial charge in [-0.25, -0.2) is 0 Å². The molecule has 70 valence electrons. The summed E-state index contributed by atoms with van der Waals surface area (Å²) in [6.45, 7) is 7.60. The van der Waals surface area contributed by atoms with E-state index in [-0.39, 0.29) is 0 Å². The minimum absolute atomic E-state index is 0.486. The lowest BCUT2D eigenvalue weighted by molar-refractivity contribution is -0.107. The monoisotopic (exact) mass is 176 g/mol. The van der Waals surface area contributed by atoms with Crippen LogP contribution < -0.4 is 0 Å². The highest BCUT2D eigenvalue weighted by Gasteiger charge is 1.80. The van der Waals surface area contributed by atoms with E-state index in [1.54, 1.807) is 6.08 Å². The predicted octanol–water partition coefficient (Wildman–Crippen LogP) is 3.21. The molecule has 0 atom stereocenters. The lowest BCUT2D eigenvalue weighted by Crippen LogP contribution is -1.71. The third-order valence-corrected chi connectivity index (χ3v) is 1.58. The van der Waals surface area contributed by atoms with Gasteiger partial charge in [-0.15, -0.1) is 0 Å². The highest BCUT2D eigenvalue weighted by Crippen LogP contribution is 1.98. The zero-order valence-corrected chi connectivity index (χ0v) is 8.29. The summed E-state index contributed by atoms with van der Waals surface area (Å²) in [5.41, 5.74) is 2.22. The molecule has 0 aliphatic rings. The second-order valence-corrected chi connectivity index (χ2v) is 2.82. The van der Waals surface area contributed by atoms with Crippen molar-refractivity contribution in [3.05, 3.63) is 48.1 Å².